The lowest BCUT2D eigenvalue weighted by Gasteiger charge is -2.38. The Hall–Kier alpha value is -1.58. The summed E-state index contributed by atoms with van der Waals surface area (Å²) in [6.07, 6.45) is 3.48. The van der Waals surface area contributed by atoms with Gasteiger partial charge in [-0.1, -0.05) is 6.92 Å². The van der Waals surface area contributed by atoms with Crippen molar-refractivity contribution in [2.75, 3.05) is 12.4 Å². The Morgan fingerprint density at radius 1 is 1.32 bits per heavy atom. The number of rotatable bonds is 3. The van der Waals surface area contributed by atoms with Crippen molar-refractivity contribution in [3.8, 4) is 0 Å². The molecule has 1 fully saturated rings. The molecule has 0 spiro atoms. The smallest absolute Gasteiger partial charge is 0.331 e. The quantitative estimate of drug-likeness (QED) is 0.852. The molecule has 2 rings (SSSR count). The van der Waals surface area contributed by atoms with Crippen molar-refractivity contribution in [2.24, 2.45) is 5.92 Å². The minimum absolute atomic E-state index is 0.233. The zero-order valence-corrected chi connectivity index (χ0v) is 11.4. The first-order chi connectivity index (χ1) is 9.05. The summed E-state index contributed by atoms with van der Waals surface area (Å²) < 4.78 is 17.9. The lowest BCUT2D eigenvalue weighted by Crippen LogP contribution is -2.49. The first-order valence-electron chi connectivity index (χ1n) is 6.68. The molecule has 0 heterocycles. The van der Waals surface area contributed by atoms with Crippen LogP contribution in [0.5, 0.6) is 0 Å². The van der Waals surface area contributed by atoms with Gasteiger partial charge in [0, 0.05) is 5.69 Å². The predicted molar refractivity (Wildman–Crippen MR) is 72.4 cm³/mol. The standard InChI is InChI=1S/C15H20FNO2/c1-11-7-9-15(10-8-11,14(18)19-2)17-13-5-3-12(16)4-6-13/h3-6,11,17H,7-10H2,1-2H3. The third-order valence-corrected chi connectivity index (χ3v) is 3.93. The van der Waals surface area contributed by atoms with Crippen LogP contribution < -0.4 is 5.32 Å². The van der Waals surface area contributed by atoms with Gasteiger partial charge in [-0.05, 0) is 55.9 Å². The average molecular weight is 265 g/mol. The van der Waals surface area contributed by atoms with Gasteiger partial charge in [-0.3, -0.25) is 0 Å². The molecule has 1 aliphatic carbocycles. The highest BCUT2D eigenvalue weighted by atomic mass is 19.1. The average Bonchev–Trinajstić information content (AvgIpc) is 2.43. The number of ether oxygens (including phenoxy) is 1. The van der Waals surface area contributed by atoms with Gasteiger partial charge in [-0.25, -0.2) is 9.18 Å². The van der Waals surface area contributed by atoms with Gasteiger partial charge in [0.15, 0.2) is 0 Å². The molecule has 1 aromatic carbocycles. The van der Waals surface area contributed by atoms with E-state index in [9.17, 15) is 9.18 Å². The van der Waals surface area contributed by atoms with Gasteiger partial charge in [0.05, 0.1) is 7.11 Å². The van der Waals surface area contributed by atoms with Crippen LogP contribution in [0, 0.1) is 11.7 Å². The molecular formula is C15H20FNO2. The lowest BCUT2D eigenvalue weighted by molar-refractivity contribution is -0.147. The minimum Gasteiger partial charge on any atom is -0.467 e. The van der Waals surface area contributed by atoms with Crippen LogP contribution in [0.1, 0.15) is 32.6 Å². The molecule has 0 atom stereocenters. The maximum absolute atomic E-state index is 12.9. The van der Waals surface area contributed by atoms with Crippen molar-refractivity contribution >= 4 is 11.7 Å². The molecule has 0 saturated heterocycles. The summed E-state index contributed by atoms with van der Waals surface area (Å²) in [5.41, 5.74) is 0.0837. The fraction of sp³-hybridized carbons (Fsp3) is 0.533. The normalized spacial score (nSPS) is 26.8. The van der Waals surface area contributed by atoms with Gasteiger partial charge < -0.3 is 10.1 Å². The van der Waals surface area contributed by atoms with Crippen molar-refractivity contribution in [1.82, 2.24) is 0 Å². The molecule has 1 aliphatic rings. The monoisotopic (exact) mass is 265 g/mol. The second-order valence-corrected chi connectivity index (χ2v) is 5.39. The van der Waals surface area contributed by atoms with E-state index in [0.717, 1.165) is 31.4 Å². The summed E-state index contributed by atoms with van der Waals surface area (Å²) in [7, 11) is 1.41. The molecule has 3 nitrogen and oxygen atoms in total. The summed E-state index contributed by atoms with van der Waals surface area (Å²) >= 11 is 0. The predicted octanol–water partition coefficient (Wildman–Crippen LogP) is 3.36. The number of hydrogen-bond acceptors (Lipinski definition) is 3. The third-order valence-electron chi connectivity index (χ3n) is 3.93. The number of methoxy groups -OCH3 is 1. The SMILES string of the molecule is COC(=O)C1(Nc2ccc(F)cc2)CCC(C)CC1. The van der Waals surface area contributed by atoms with Crippen LogP contribution in [0.4, 0.5) is 10.1 Å². The van der Waals surface area contributed by atoms with E-state index in [1.807, 2.05) is 0 Å². The summed E-state index contributed by atoms with van der Waals surface area (Å²) in [6, 6.07) is 6.08. The van der Waals surface area contributed by atoms with E-state index in [2.05, 4.69) is 12.2 Å². The molecule has 1 saturated carbocycles. The van der Waals surface area contributed by atoms with Crippen molar-refractivity contribution in [3.63, 3.8) is 0 Å². The highest BCUT2D eigenvalue weighted by Crippen LogP contribution is 2.35. The number of benzene rings is 1. The first-order valence-corrected chi connectivity index (χ1v) is 6.68. The van der Waals surface area contributed by atoms with Crippen molar-refractivity contribution in [3.05, 3.63) is 30.1 Å². The van der Waals surface area contributed by atoms with Crippen LogP contribution in [0.25, 0.3) is 0 Å². The van der Waals surface area contributed by atoms with E-state index in [-0.39, 0.29) is 11.8 Å². The van der Waals surface area contributed by atoms with E-state index in [0.29, 0.717) is 5.92 Å². The largest absolute Gasteiger partial charge is 0.467 e. The molecule has 19 heavy (non-hydrogen) atoms. The van der Waals surface area contributed by atoms with Crippen LogP contribution in [-0.2, 0) is 9.53 Å². The fourth-order valence-electron chi connectivity index (χ4n) is 2.64. The van der Waals surface area contributed by atoms with E-state index in [1.54, 1.807) is 12.1 Å². The first kappa shape index (κ1) is 13.8. The third kappa shape index (κ3) is 3.06. The van der Waals surface area contributed by atoms with Crippen molar-refractivity contribution in [2.45, 2.75) is 38.1 Å². The van der Waals surface area contributed by atoms with Gasteiger partial charge >= 0.3 is 5.97 Å². The molecule has 104 valence electrons. The van der Waals surface area contributed by atoms with Crippen LogP contribution in [-0.4, -0.2) is 18.6 Å². The van der Waals surface area contributed by atoms with E-state index in [1.165, 1.54) is 19.2 Å². The number of carbonyl (C=O) groups is 1. The molecule has 0 aliphatic heterocycles. The van der Waals surface area contributed by atoms with Gasteiger partial charge in [0.2, 0.25) is 0 Å². The molecule has 0 amide bonds. The van der Waals surface area contributed by atoms with Crippen LogP contribution >= 0.6 is 0 Å². The number of anilines is 1. The Balaban J connectivity index is 2.18. The Labute approximate surface area is 113 Å². The number of nitrogens with one attached hydrogen (secondary N) is 1. The molecule has 0 unspecified atom stereocenters. The Morgan fingerprint density at radius 3 is 2.42 bits per heavy atom. The topological polar surface area (TPSA) is 38.3 Å². The number of hydrogen-bond donors (Lipinski definition) is 1. The van der Waals surface area contributed by atoms with Gasteiger partial charge in [-0.15, -0.1) is 0 Å². The summed E-state index contributed by atoms with van der Waals surface area (Å²) in [6.45, 7) is 2.19. The van der Waals surface area contributed by atoms with E-state index >= 15 is 0 Å². The number of esters is 1. The Morgan fingerprint density at radius 2 is 1.89 bits per heavy atom. The van der Waals surface area contributed by atoms with Gasteiger partial charge in [-0.2, -0.15) is 0 Å². The van der Waals surface area contributed by atoms with Gasteiger partial charge in [0.1, 0.15) is 11.4 Å². The van der Waals surface area contributed by atoms with E-state index < -0.39 is 5.54 Å². The maximum Gasteiger partial charge on any atom is 0.331 e. The highest BCUT2D eigenvalue weighted by molar-refractivity contribution is 5.84. The molecule has 4 heteroatoms. The van der Waals surface area contributed by atoms with Crippen molar-refractivity contribution in [1.29, 1.82) is 0 Å². The zero-order valence-electron chi connectivity index (χ0n) is 11.4. The summed E-state index contributed by atoms with van der Waals surface area (Å²) in [5.74, 6) is 0.117. The fourth-order valence-corrected chi connectivity index (χ4v) is 2.64. The zero-order chi connectivity index (χ0) is 13.9. The second kappa shape index (κ2) is 5.59. The summed E-state index contributed by atoms with van der Waals surface area (Å²) in [4.78, 5) is 12.1. The molecule has 0 radical (unpaired) electrons. The number of halogens is 1. The Bertz CT molecular complexity index is 436. The summed E-state index contributed by atoms with van der Waals surface area (Å²) in [5, 5.41) is 3.25. The van der Waals surface area contributed by atoms with Crippen LogP contribution in [0.15, 0.2) is 24.3 Å². The minimum atomic E-state index is -0.668. The van der Waals surface area contributed by atoms with E-state index in [4.69, 9.17) is 4.74 Å². The molecule has 1 aromatic rings. The maximum atomic E-state index is 12.9. The molecule has 0 aromatic heterocycles. The highest BCUT2D eigenvalue weighted by Gasteiger charge is 2.42. The number of carbonyl (C=O) groups excluding carboxylic acids is 1. The molecule has 0 bridgehead atoms. The van der Waals surface area contributed by atoms with Gasteiger partial charge in [0.25, 0.3) is 0 Å². The molecular weight excluding hydrogens is 245 g/mol. The lowest BCUT2D eigenvalue weighted by atomic mass is 9.77. The molecule has 1 N–H and O–H groups in total. The Kier molecular flexibility index (Phi) is 4.08. The van der Waals surface area contributed by atoms with Crippen LogP contribution in [0.2, 0.25) is 0 Å². The second-order valence-electron chi connectivity index (χ2n) is 5.39. The van der Waals surface area contributed by atoms with Crippen molar-refractivity contribution < 1.29 is 13.9 Å². The van der Waals surface area contributed by atoms with Crippen LogP contribution in [0.3, 0.4) is 0 Å².